The third-order valence-corrected chi connectivity index (χ3v) is 5.47. The van der Waals surface area contributed by atoms with Gasteiger partial charge < -0.3 is 20.3 Å². The summed E-state index contributed by atoms with van der Waals surface area (Å²) in [5.41, 5.74) is 3.76. The van der Waals surface area contributed by atoms with Crippen molar-refractivity contribution in [3.05, 3.63) is 59.2 Å². The van der Waals surface area contributed by atoms with Gasteiger partial charge in [-0.1, -0.05) is 38.3 Å². The number of ether oxygens (including phenoxy) is 1. The first-order valence-electron chi connectivity index (χ1n) is 12.0. The number of amides is 2. The van der Waals surface area contributed by atoms with Crippen molar-refractivity contribution in [3.8, 4) is 0 Å². The predicted molar refractivity (Wildman–Crippen MR) is 136 cm³/mol. The van der Waals surface area contributed by atoms with Gasteiger partial charge in [0.25, 0.3) is 11.8 Å². The molecule has 2 aromatic rings. The van der Waals surface area contributed by atoms with Crippen LogP contribution in [0.4, 0.5) is 11.4 Å². The Kier molecular flexibility index (Phi) is 11.5. The van der Waals surface area contributed by atoms with Crippen LogP contribution in [-0.2, 0) is 11.2 Å². The summed E-state index contributed by atoms with van der Waals surface area (Å²) in [5, 5.41) is 5.86. The molecule has 180 valence electrons. The zero-order valence-electron chi connectivity index (χ0n) is 20.6. The number of nitrogens with one attached hydrogen (secondary N) is 2. The molecule has 0 aliphatic heterocycles. The molecule has 0 atom stereocenters. The summed E-state index contributed by atoms with van der Waals surface area (Å²) in [6.07, 6.45) is 6.70. The van der Waals surface area contributed by atoms with Crippen molar-refractivity contribution in [1.82, 2.24) is 5.32 Å². The van der Waals surface area contributed by atoms with Crippen LogP contribution in [0.25, 0.3) is 0 Å². The summed E-state index contributed by atoms with van der Waals surface area (Å²) >= 11 is 0. The first-order valence-corrected chi connectivity index (χ1v) is 12.0. The summed E-state index contributed by atoms with van der Waals surface area (Å²) < 4.78 is 5.32. The average Bonchev–Trinajstić information content (AvgIpc) is 2.81. The Labute approximate surface area is 198 Å². The second-order valence-electron chi connectivity index (χ2n) is 8.39. The highest BCUT2D eigenvalue weighted by Gasteiger charge is 2.15. The Morgan fingerprint density at radius 3 is 2.33 bits per heavy atom. The van der Waals surface area contributed by atoms with E-state index in [2.05, 4.69) is 17.6 Å². The third kappa shape index (κ3) is 8.89. The lowest BCUT2D eigenvalue weighted by Crippen LogP contribution is -2.27. The quantitative estimate of drug-likeness (QED) is 0.382. The number of hydrogen-bond donors (Lipinski definition) is 2. The van der Waals surface area contributed by atoms with Gasteiger partial charge in [-0.3, -0.25) is 9.59 Å². The molecule has 2 aromatic carbocycles. The smallest absolute Gasteiger partial charge is 0.255 e. The predicted octanol–water partition coefficient (Wildman–Crippen LogP) is 5.28. The van der Waals surface area contributed by atoms with Gasteiger partial charge in [0, 0.05) is 50.8 Å². The van der Waals surface area contributed by atoms with E-state index >= 15 is 0 Å². The Hall–Kier alpha value is -2.86. The van der Waals surface area contributed by atoms with Crippen molar-refractivity contribution in [2.45, 2.75) is 52.4 Å². The maximum Gasteiger partial charge on any atom is 0.255 e. The highest BCUT2D eigenvalue weighted by molar-refractivity contribution is 6.06. The number of anilines is 2. The molecule has 0 saturated heterocycles. The third-order valence-electron chi connectivity index (χ3n) is 5.47. The minimum atomic E-state index is -0.187. The molecule has 6 heteroatoms. The summed E-state index contributed by atoms with van der Waals surface area (Å²) in [6.45, 7) is 5.98. The van der Waals surface area contributed by atoms with Gasteiger partial charge in [0.15, 0.2) is 0 Å². The second-order valence-corrected chi connectivity index (χ2v) is 8.39. The lowest BCUT2D eigenvalue weighted by molar-refractivity contribution is 0.0943. The fourth-order valence-corrected chi connectivity index (χ4v) is 3.58. The molecular formula is C27H39N3O3. The number of carbonyl (C=O) groups excluding carboxylic acids is 2. The highest BCUT2D eigenvalue weighted by atomic mass is 16.5. The first kappa shape index (κ1) is 26.4. The molecule has 0 aromatic heterocycles. The number of unbranched alkanes of at least 4 members (excludes halogenated alkanes) is 3. The molecule has 0 radical (unpaired) electrons. The molecule has 0 unspecified atom stereocenters. The van der Waals surface area contributed by atoms with Gasteiger partial charge in [-0.2, -0.15) is 0 Å². The van der Waals surface area contributed by atoms with Crippen LogP contribution >= 0.6 is 0 Å². The zero-order chi connectivity index (χ0) is 24.1. The molecule has 2 amide bonds. The Morgan fingerprint density at radius 2 is 1.67 bits per heavy atom. The van der Waals surface area contributed by atoms with E-state index in [0.29, 0.717) is 36.6 Å². The molecule has 0 saturated carbocycles. The van der Waals surface area contributed by atoms with Gasteiger partial charge in [0.05, 0.1) is 5.56 Å². The fourth-order valence-electron chi connectivity index (χ4n) is 3.58. The maximum atomic E-state index is 12.8. The van der Waals surface area contributed by atoms with Crippen LogP contribution in [0.1, 0.15) is 72.2 Å². The summed E-state index contributed by atoms with van der Waals surface area (Å²) in [4.78, 5) is 27.4. The van der Waals surface area contributed by atoms with Gasteiger partial charge in [-0.05, 0) is 62.1 Å². The minimum absolute atomic E-state index is 0.168. The monoisotopic (exact) mass is 453 g/mol. The lowest BCUT2D eigenvalue weighted by atomic mass is 10.0. The molecule has 2 N–H and O–H groups in total. The van der Waals surface area contributed by atoms with Gasteiger partial charge in [0.1, 0.15) is 0 Å². The summed E-state index contributed by atoms with van der Waals surface area (Å²) in [6, 6.07) is 13.2. The van der Waals surface area contributed by atoms with Crippen LogP contribution < -0.4 is 15.5 Å². The van der Waals surface area contributed by atoms with Crippen molar-refractivity contribution in [1.29, 1.82) is 0 Å². The molecule has 33 heavy (non-hydrogen) atoms. The average molecular weight is 454 g/mol. The first-order chi connectivity index (χ1) is 16.0. The molecule has 0 bridgehead atoms. The Bertz CT molecular complexity index is 879. The lowest BCUT2D eigenvalue weighted by Gasteiger charge is -2.18. The molecule has 0 fully saturated rings. The van der Waals surface area contributed by atoms with Crippen molar-refractivity contribution >= 4 is 23.2 Å². The van der Waals surface area contributed by atoms with Crippen LogP contribution in [0.5, 0.6) is 0 Å². The molecule has 0 aliphatic carbocycles. The van der Waals surface area contributed by atoms with Gasteiger partial charge in [0.2, 0.25) is 0 Å². The van der Waals surface area contributed by atoms with E-state index in [1.807, 2.05) is 62.3 Å². The summed E-state index contributed by atoms with van der Waals surface area (Å²) in [5.74, 6) is -0.355. The standard InChI is InChI=1S/C27H39N3O3/c1-5-7-8-9-11-21-12-14-22(15-13-21)26(31)29-23-16-17-25(30(3)4)24(20-23)27(32)28-18-10-19-33-6-2/h12-17,20H,5-11,18-19H2,1-4H3,(H,28,32)(H,29,31). The van der Waals surface area contributed by atoms with Gasteiger partial charge in [-0.25, -0.2) is 0 Å². The number of hydrogen-bond acceptors (Lipinski definition) is 4. The number of nitrogens with zero attached hydrogens (tertiary/aromatic N) is 1. The van der Waals surface area contributed by atoms with E-state index in [1.165, 1.54) is 31.2 Å². The molecule has 2 rings (SSSR count). The van der Waals surface area contributed by atoms with Crippen molar-refractivity contribution in [3.63, 3.8) is 0 Å². The topological polar surface area (TPSA) is 70.7 Å². The van der Waals surface area contributed by atoms with E-state index < -0.39 is 0 Å². The largest absolute Gasteiger partial charge is 0.382 e. The maximum absolute atomic E-state index is 12.8. The van der Waals surface area contributed by atoms with Crippen LogP contribution in [0, 0.1) is 0 Å². The van der Waals surface area contributed by atoms with E-state index in [4.69, 9.17) is 4.74 Å². The van der Waals surface area contributed by atoms with E-state index in [9.17, 15) is 9.59 Å². The number of aryl methyl sites for hydroxylation is 1. The van der Waals surface area contributed by atoms with Crippen LogP contribution in [0.2, 0.25) is 0 Å². The number of rotatable bonds is 14. The molecule has 0 aliphatic rings. The van der Waals surface area contributed by atoms with E-state index in [1.54, 1.807) is 6.07 Å². The van der Waals surface area contributed by atoms with Crippen molar-refractivity contribution < 1.29 is 14.3 Å². The van der Waals surface area contributed by atoms with Gasteiger partial charge in [-0.15, -0.1) is 0 Å². The number of benzene rings is 2. The molecular weight excluding hydrogens is 414 g/mol. The summed E-state index contributed by atoms with van der Waals surface area (Å²) in [7, 11) is 3.78. The molecule has 0 heterocycles. The highest BCUT2D eigenvalue weighted by Crippen LogP contribution is 2.23. The van der Waals surface area contributed by atoms with E-state index in [-0.39, 0.29) is 11.8 Å². The molecule has 6 nitrogen and oxygen atoms in total. The van der Waals surface area contributed by atoms with Crippen LogP contribution in [0.3, 0.4) is 0 Å². The minimum Gasteiger partial charge on any atom is -0.382 e. The fraction of sp³-hybridized carbons (Fsp3) is 0.481. The zero-order valence-corrected chi connectivity index (χ0v) is 20.6. The van der Waals surface area contributed by atoms with Gasteiger partial charge >= 0.3 is 0 Å². The van der Waals surface area contributed by atoms with E-state index in [0.717, 1.165) is 18.5 Å². The Morgan fingerprint density at radius 1 is 0.909 bits per heavy atom. The van der Waals surface area contributed by atoms with Crippen molar-refractivity contribution in [2.24, 2.45) is 0 Å². The van der Waals surface area contributed by atoms with Crippen molar-refractivity contribution in [2.75, 3.05) is 44.1 Å². The molecule has 0 spiro atoms. The second kappa shape index (κ2) is 14.3. The number of carbonyl (C=O) groups is 2. The normalized spacial score (nSPS) is 10.7. The Balaban J connectivity index is 2.02. The SMILES string of the molecule is CCCCCCc1ccc(C(=O)Nc2ccc(N(C)C)c(C(=O)NCCCOCC)c2)cc1. The van der Waals surface area contributed by atoms with Crippen LogP contribution in [0.15, 0.2) is 42.5 Å². The van der Waals surface area contributed by atoms with Crippen LogP contribution in [-0.4, -0.2) is 45.7 Å².